The predicted octanol–water partition coefficient (Wildman–Crippen LogP) is 4.96. The third-order valence-corrected chi connectivity index (χ3v) is 5.35. The van der Waals surface area contributed by atoms with Crippen LogP contribution in [0, 0.1) is 11.7 Å². The van der Waals surface area contributed by atoms with Gasteiger partial charge >= 0.3 is 0 Å². The van der Waals surface area contributed by atoms with Crippen molar-refractivity contribution in [1.82, 2.24) is 19.7 Å². The lowest BCUT2D eigenvalue weighted by Gasteiger charge is -2.29. The Kier molecular flexibility index (Phi) is 5.23. The smallest absolute Gasteiger partial charge is 0.181 e. The molecule has 0 saturated carbocycles. The summed E-state index contributed by atoms with van der Waals surface area (Å²) >= 11 is 5.99. The molecule has 4 nitrogen and oxygen atoms in total. The van der Waals surface area contributed by atoms with Gasteiger partial charge in [0.15, 0.2) is 5.82 Å². The second-order valence-electron chi connectivity index (χ2n) is 7.18. The Morgan fingerprint density at radius 3 is 2.48 bits per heavy atom. The van der Waals surface area contributed by atoms with Crippen molar-refractivity contribution in [2.24, 2.45) is 5.92 Å². The minimum atomic E-state index is -0.307. The van der Waals surface area contributed by atoms with E-state index in [9.17, 15) is 4.39 Å². The molecule has 1 fully saturated rings. The van der Waals surface area contributed by atoms with E-state index in [0.717, 1.165) is 30.4 Å². The van der Waals surface area contributed by atoms with Crippen molar-refractivity contribution >= 4 is 11.6 Å². The largest absolute Gasteiger partial charge is 0.296 e. The monoisotopic (exact) mass is 384 g/mol. The minimum absolute atomic E-state index is 0.307. The zero-order valence-electron chi connectivity index (χ0n) is 15.3. The maximum Gasteiger partial charge on any atom is 0.181 e. The van der Waals surface area contributed by atoms with E-state index in [1.165, 1.54) is 18.9 Å². The molecule has 4 rings (SSSR count). The van der Waals surface area contributed by atoms with Crippen molar-refractivity contribution < 1.29 is 4.39 Å². The Morgan fingerprint density at radius 2 is 1.78 bits per heavy atom. The topological polar surface area (TPSA) is 34.0 Å². The highest BCUT2D eigenvalue weighted by Gasteiger charge is 2.21. The van der Waals surface area contributed by atoms with Gasteiger partial charge in [0.05, 0.1) is 6.54 Å². The third kappa shape index (κ3) is 4.04. The van der Waals surface area contributed by atoms with E-state index in [2.05, 4.69) is 16.9 Å². The predicted molar refractivity (Wildman–Crippen MR) is 105 cm³/mol. The zero-order valence-corrected chi connectivity index (χ0v) is 16.0. The normalized spacial score (nSPS) is 16.0. The van der Waals surface area contributed by atoms with Gasteiger partial charge in [-0.15, -0.1) is 5.10 Å². The van der Waals surface area contributed by atoms with E-state index in [0.29, 0.717) is 23.1 Å². The van der Waals surface area contributed by atoms with Crippen LogP contribution in [0.3, 0.4) is 0 Å². The molecule has 0 spiro atoms. The summed E-state index contributed by atoms with van der Waals surface area (Å²) in [7, 11) is 0. The highest BCUT2D eigenvalue weighted by atomic mass is 35.5. The molecular weight excluding hydrogens is 363 g/mol. The van der Waals surface area contributed by atoms with Gasteiger partial charge in [-0.05, 0) is 68.2 Å². The maximum atomic E-state index is 14.4. The average molecular weight is 385 g/mol. The SMILES string of the molecule is CC1CCN(Cc2nc(-c3ccc(Cl)cc3)nn2-c2ccccc2F)CC1. The molecule has 6 heteroatoms. The first-order valence-corrected chi connectivity index (χ1v) is 9.67. The van der Waals surface area contributed by atoms with Crippen LogP contribution in [-0.4, -0.2) is 32.8 Å². The van der Waals surface area contributed by atoms with Gasteiger partial charge in [0.1, 0.15) is 17.3 Å². The van der Waals surface area contributed by atoms with Crippen LogP contribution in [0.5, 0.6) is 0 Å². The summed E-state index contributed by atoms with van der Waals surface area (Å²) in [6.45, 7) is 5.00. The number of likely N-dealkylation sites (tertiary alicyclic amines) is 1. The molecule has 1 aliphatic heterocycles. The van der Waals surface area contributed by atoms with Crippen molar-refractivity contribution in [2.75, 3.05) is 13.1 Å². The van der Waals surface area contributed by atoms with Crippen molar-refractivity contribution in [3.05, 3.63) is 65.2 Å². The Labute approximate surface area is 163 Å². The molecule has 0 radical (unpaired) electrons. The van der Waals surface area contributed by atoms with Gasteiger partial charge in [0.25, 0.3) is 0 Å². The molecule has 27 heavy (non-hydrogen) atoms. The first-order valence-electron chi connectivity index (χ1n) is 9.29. The molecule has 0 bridgehead atoms. The summed E-state index contributed by atoms with van der Waals surface area (Å²) in [5.74, 6) is 1.78. The van der Waals surface area contributed by atoms with Crippen molar-refractivity contribution in [2.45, 2.75) is 26.3 Å². The van der Waals surface area contributed by atoms with Gasteiger partial charge in [0, 0.05) is 10.6 Å². The quantitative estimate of drug-likeness (QED) is 0.637. The standard InChI is InChI=1S/C21H22ClFN4/c1-15-10-12-26(13-11-15)14-20-24-21(16-6-8-17(22)9-7-16)25-27(20)19-5-3-2-4-18(19)23/h2-9,15H,10-14H2,1H3. The van der Waals surface area contributed by atoms with Crippen molar-refractivity contribution in [3.8, 4) is 17.1 Å². The lowest BCUT2D eigenvalue weighted by molar-refractivity contribution is 0.180. The number of hydrogen-bond donors (Lipinski definition) is 0. The van der Waals surface area contributed by atoms with Gasteiger partial charge in [-0.3, -0.25) is 4.90 Å². The van der Waals surface area contributed by atoms with E-state index in [1.54, 1.807) is 16.8 Å². The van der Waals surface area contributed by atoms with Gasteiger partial charge in [-0.1, -0.05) is 30.7 Å². The maximum absolute atomic E-state index is 14.4. The van der Waals surface area contributed by atoms with Crippen LogP contribution in [0.2, 0.25) is 5.02 Å². The summed E-state index contributed by atoms with van der Waals surface area (Å²) < 4.78 is 16.1. The van der Waals surface area contributed by atoms with Gasteiger partial charge in [-0.2, -0.15) is 0 Å². The summed E-state index contributed by atoms with van der Waals surface area (Å²) in [5.41, 5.74) is 1.29. The molecule has 1 aliphatic rings. The Hall–Kier alpha value is -2.24. The van der Waals surface area contributed by atoms with Crippen LogP contribution in [0.1, 0.15) is 25.6 Å². The first-order chi connectivity index (χ1) is 13.1. The molecule has 1 aromatic heterocycles. The molecule has 2 aromatic carbocycles. The van der Waals surface area contributed by atoms with Gasteiger partial charge in [-0.25, -0.2) is 14.1 Å². The van der Waals surface area contributed by atoms with E-state index in [-0.39, 0.29) is 5.82 Å². The summed E-state index contributed by atoms with van der Waals surface area (Å²) in [6.07, 6.45) is 2.36. The fourth-order valence-electron chi connectivity index (χ4n) is 3.40. The van der Waals surface area contributed by atoms with E-state index >= 15 is 0 Å². The third-order valence-electron chi connectivity index (χ3n) is 5.10. The van der Waals surface area contributed by atoms with Crippen LogP contribution in [0.4, 0.5) is 4.39 Å². The summed E-state index contributed by atoms with van der Waals surface area (Å²) in [5, 5.41) is 5.28. The number of rotatable bonds is 4. The molecule has 0 N–H and O–H groups in total. The number of aromatic nitrogens is 3. The molecule has 0 aliphatic carbocycles. The highest BCUT2D eigenvalue weighted by molar-refractivity contribution is 6.30. The number of para-hydroxylation sites is 1. The van der Waals surface area contributed by atoms with Crippen LogP contribution < -0.4 is 0 Å². The Morgan fingerprint density at radius 1 is 1.07 bits per heavy atom. The van der Waals surface area contributed by atoms with Gasteiger partial charge < -0.3 is 0 Å². The molecule has 140 valence electrons. The number of hydrogen-bond acceptors (Lipinski definition) is 3. The molecule has 2 heterocycles. The first kappa shape index (κ1) is 18.1. The second-order valence-corrected chi connectivity index (χ2v) is 7.62. The summed E-state index contributed by atoms with van der Waals surface area (Å²) in [6, 6.07) is 14.1. The highest BCUT2D eigenvalue weighted by Crippen LogP contribution is 2.24. The Bertz CT molecular complexity index is 914. The van der Waals surface area contributed by atoms with Crippen LogP contribution in [-0.2, 0) is 6.54 Å². The fraction of sp³-hybridized carbons (Fsp3) is 0.333. The minimum Gasteiger partial charge on any atom is -0.296 e. The van der Waals surface area contributed by atoms with E-state index < -0.39 is 0 Å². The molecular formula is C21H22ClFN4. The Balaban J connectivity index is 1.71. The van der Waals surface area contributed by atoms with Crippen molar-refractivity contribution in [3.63, 3.8) is 0 Å². The van der Waals surface area contributed by atoms with Crippen LogP contribution >= 0.6 is 11.6 Å². The van der Waals surface area contributed by atoms with E-state index in [4.69, 9.17) is 16.6 Å². The zero-order chi connectivity index (χ0) is 18.8. The average Bonchev–Trinajstić information content (AvgIpc) is 3.08. The molecule has 0 atom stereocenters. The second kappa shape index (κ2) is 7.79. The number of nitrogens with zero attached hydrogens (tertiary/aromatic N) is 4. The fourth-order valence-corrected chi connectivity index (χ4v) is 3.53. The lowest BCUT2D eigenvalue weighted by atomic mass is 9.99. The van der Waals surface area contributed by atoms with Crippen LogP contribution in [0.25, 0.3) is 17.1 Å². The van der Waals surface area contributed by atoms with Gasteiger partial charge in [0.2, 0.25) is 0 Å². The van der Waals surface area contributed by atoms with Crippen LogP contribution in [0.15, 0.2) is 48.5 Å². The van der Waals surface area contributed by atoms with E-state index in [1.807, 2.05) is 30.3 Å². The van der Waals surface area contributed by atoms with Crippen molar-refractivity contribution in [1.29, 1.82) is 0 Å². The summed E-state index contributed by atoms with van der Waals surface area (Å²) in [4.78, 5) is 7.11. The molecule has 0 amide bonds. The molecule has 1 saturated heterocycles. The molecule has 0 unspecified atom stereocenters. The number of piperidine rings is 1. The lowest BCUT2D eigenvalue weighted by Crippen LogP contribution is -2.33. The molecule has 3 aromatic rings. The number of benzene rings is 2. The number of halogens is 2.